The van der Waals surface area contributed by atoms with Crippen LogP contribution in [0.15, 0.2) is 55.0 Å². The minimum absolute atomic E-state index is 0.221. The fourth-order valence-corrected chi connectivity index (χ4v) is 5.64. The molecule has 1 amide bonds. The molecule has 37 heavy (non-hydrogen) atoms. The van der Waals surface area contributed by atoms with Gasteiger partial charge in [-0.3, -0.25) is 14.7 Å². The number of fused-ring (bicyclic) bond motifs is 3. The molecule has 0 saturated carbocycles. The number of pyridine rings is 2. The van der Waals surface area contributed by atoms with E-state index in [1.165, 1.54) is 5.69 Å². The summed E-state index contributed by atoms with van der Waals surface area (Å²) in [6, 6.07) is 11.6. The lowest BCUT2D eigenvalue weighted by molar-refractivity contribution is -0.134. The molecule has 0 bridgehead atoms. The molecule has 3 aromatic heterocycles. The molecule has 1 unspecified atom stereocenters. The number of piperidine rings is 1. The highest BCUT2D eigenvalue weighted by atomic mass is 35.5. The normalized spacial score (nSPS) is 19.0. The molecular weight excluding hydrogens is 488 g/mol. The van der Waals surface area contributed by atoms with Crippen molar-refractivity contribution in [2.75, 3.05) is 57.3 Å². The van der Waals surface area contributed by atoms with Crippen LogP contribution in [0.5, 0.6) is 5.75 Å². The molecule has 2 saturated heterocycles. The number of benzene rings is 1. The van der Waals surface area contributed by atoms with Gasteiger partial charge in [-0.05, 0) is 49.2 Å². The van der Waals surface area contributed by atoms with Gasteiger partial charge in [0.2, 0.25) is 5.91 Å². The van der Waals surface area contributed by atoms with E-state index < -0.39 is 0 Å². The highest BCUT2D eigenvalue weighted by molar-refractivity contribution is 6.30. The van der Waals surface area contributed by atoms with E-state index in [0.717, 1.165) is 79.8 Å². The van der Waals surface area contributed by atoms with Gasteiger partial charge < -0.3 is 19.5 Å². The predicted molar refractivity (Wildman–Crippen MR) is 146 cm³/mol. The van der Waals surface area contributed by atoms with Gasteiger partial charge in [0.05, 0.1) is 24.9 Å². The molecule has 0 aliphatic carbocycles. The van der Waals surface area contributed by atoms with Gasteiger partial charge in [-0.15, -0.1) is 0 Å². The van der Waals surface area contributed by atoms with E-state index in [2.05, 4.69) is 36.9 Å². The summed E-state index contributed by atoms with van der Waals surface area (Å²) in [5.74, 6) is 1.39. The molecule has 0 spiro atoms. The standard InChI is InChI=1S/C28H31ClN6O2/c29-21-3-5-22(6-4-21)37-19-20-2-1-11-35(17-20)26(36)18-33-12-14-34(15-13-33)25-8-10-30-24-16-32-28-23(27(24)25)7-9-31-28/h3-10,16,20H,1-2,11-15,17-19H2,(H,31,32). The number of hydrogen-bond acceptors (Lipinski definition) is 6. The fraction of sp³-hybridized carbons (Fsp3) is 0.393. The molecule has 4 aromatic rings. The summed E-state index contributed by atoms with van der Waals surface area (Å²) in [7, 11) is 0. The van der Waals surface area contributed by atoms with Gasteiger partial charge in [0.25, 0.3) is 0 Å². The second kappa shape index (κ2) is 10.6. The van der Waals surface area contributed by atoms with Gasteiger partial charge in [0, 0.05) is 79.1 Å². The number of nitrogens with zero attached hydrogens (tertiary/aromatic N) is 5. The number of hydrogen-bond donors (Lipinski definition) is 1. The van der Waals surface area contributed by atoms with Crippen molar-refractivity contribution >= 4 is 45.1 Å². The molecule has 192 valence electrons. The summed E-state index contributed by atoms with van der Waals surface area (Å²) in [6.45, 7) is 6.14. The van der Waals surface area contributed by atoms with Crippen LogP contribution in [0.3, 0.4) is 0 Å². The van der Waals surface area contributed by atoms with Crippen LogP contribution < -0.4 is 9.64 Å². The smallest absolute Gasteiger partial charge is 0.236 e. The molecule has 6 rings (SSSR count). The molecule has 5 heterocycles. The number of halogens is 1. The van der Waals surface area contributed by atoms with Crippen molar-refractivity contribution < 1.29 is 9.53 Å². The lowest BCUT2D eigenvalue weighted by Crippen LogP contribution is -2.51. The number of carbonyl (C=O) groups is 1. The SMILES string of the molecule is O=C(CN1CCN(c2ccnc3cnc4[nH]ccc4c23)CC1)N1CCCC(COc2ccc(Cl)cc2)C1. The van der Waals surface area contributed by atoms with Crippen LogP contribution in [0.1, 0.15) is 12.8 Å². The Morgan fingerprint density at radius 2 is 1.89 bits per heavy atom. The van der Waals surface area contributed by atoms with Crippen LogP contribution in [0.2, 0.25) is 5.02 Å². The Balaban J connectivity index is 1.03. The average Bonchev–Trinajstić information content (AvgIpc) is 3.42. The van der Waals surface area contributed by atoms with E-state index in [0.29, 0.717) is 24.1 Å². The lowest BCUT2D eigenvalue weighted by atomic mass is 9.99. The molecule has 9 heteroatoms. The minimum Gasteiger partial charge on any atom is -0.493 e. The maximum absolute atomic E-state index is 13.2. The van der Waals surface area contributed by atoms with Gasteiger partial charge in [0.15, 0.2) is 0 Å². The molecule has 2 fully saturated rings. The first kappa shape index (κ1) is 24.0. The zero-order valence-corrected chi connectivity index (χ0v) is 21.5. The monoisotopic (exact) mass is 518 g/mol. The topological polar surface area (TPSA) is 77.6 Å². The number of likely N-dealkylation sites (tertiary alicyclic amines) is 1. The first-order valence-electron chi connectivity index (χ1n) is 13.0. The van der Waals surface area contributed by atoms with Crippen molar-refractivity contribution in [1.29, 1.82) is 0 Å². The fourth-order valence-electron chi connectivity index (χ4n) is 5.51. The third-order valence-corrected chi connectivity index (χ3v) is 7.76. The third-order valence-electron chi connectivity index (χ3n) is 7.51. The molecular formula is C28H31ClN6O2. The summed E-state index contributed by atoms with van der Waals surface area (Å²) in [5.41, 5.74) is 2.97. The maximum Gasteiger partial charge on any atom is 0.236 e. The Labute approximate surface area is 221 Å². The summed E-state index contributed by atoms with van der Waals surface area (Å²) in [6.07, 6.45) is 7.72. The number of anilines is 1. The Morgan fingerprint density at radius 1 is 1.05 bits per heavy atom. The second-order valence-electron chi connectivity index (χ2n) is 9.96. The van der Waals surface area contributed by atoms with Crippen molar-refractivity contribution in [3.05, 3.63) is 60.0 Å². The first-order valence-corrected chi connectivity index (χ1v) is 13.4. The molecule has 8 nitrogen and oxygen atoms in total. The van der Waals surface area contributed by atoms with Crippen molar-refractivity contribution in [3.63, 3.8) is 0 Å². The highest BCUT2D eigenvalue weighted by Crippen LogP contribution is 2.31. The van der Waals surface area contributed by atoms with Crippen LogP contribution in [0, 0.1) is 5.92 Å². The molecule has 1 N–H and O–H groups in total. The summed E-state index contributed by atoms with van der Waals surface area (Å²) < 4.78 is 5.96. The number of piperazine rings is 1. The first-order chi connectivity index (χ1) is 18.1. The Hall–Kier alpha value is -3.36. The quantitative estimate of drug-likeness (QED) is 0.412. The Morgan fingerprint density at radius 3 is 2.73 bits per heavy atom. The van der Waals surface area contributed by atoms with Gasteiger partial charge in [0.1, 0.15) is 11.4 Å². The molecule has 2 aliphatic rings. The van der Waals surface area contributed by atoms with Crippen molar-refractivity contribution in [1.82, 2.24) is 24.8 Å². The summed E-state index contributed by atoms with van der Waals surface area (Å²) in [4.78, 5) is 32.1. The molecule has 0 radical (unpaired) electrons. The van der Waals surface area contributed by atoms with E-state index in [1.54, 1.807) is 0 Å². The van der Waals surface area contributed by atoms with Gasteiger partial charge in [-0.25, -0.2) is 4.98 Å². The zero-order valence-electron chi connectivity index (χ0n) is 20.8. The van der Waals surface area contributed by atoms with Crippen molar-refractivity contribution in [3.8, 4) is 5.75 Å². The number of rotatable bonds is 6. The number of carbonyl (C=O) groups excluding carboxylic acids is 1. The number of ether oxygens (including phenoxy) is 1. The van der Waals surface area contributed by atoms with E-state index in [1.807, 2.05) is 47.8 Å². The number of H-pyrrole nitrogens is 1. The predicted octanol–water partition coefficient (Wildman–Crippen LogP) is 4.20. The van der Waals surface area contributed by atoms with E-state index in [4.69, 9.17) is 16.3 Å². The van der Waals surface area contributed by atoms with Gasteiger partial charge in [-0.1, -0.05) is 11.6 Å². The molecule has 2 aliphatic heterocycles. The summed E-state index contributed by atoms with van der Waals surface area (Å²) >= 11 is 5.96. The van der Waals surface area contributed by atoms with E-state index in [-0.39, 0.29) is 5.91 Å². The Kier molecular flexibility index (Phi) is 6.85. The van der Waals surface area contributed by atoms with Crippen LogP contribution in [-0.2, 0) is 4.79 Å². The number of aromatic amines is 1. The van der Waals surface area contributed by atoms with Crippen LogP contribution in [0.25, 0.3) is 21.9 Å². The van der Waals surface area contributed by atoms with Crippen molar-refractivity contribution in [2.24, 2.45) is 5.92 Å². The Bertz CT molecular complexity index is 1380. The van der Waals surface area contributed by atoms with Crippen molar-refractivity contribution in [2.45, 2.75) is 12.8 Å². The van der Waals surface area contributed by atoms with Gasteiger partial charge >= 0.3 is 0 Å². The van der Waals surface area contributed by atoms with Crippen LogP contribution in [-0.4, -0.2) is 83.1 Å². The second-order valence-corrected chi connectivity index (χ2v) is 10.4. The van der Waals surface area contributed by atoms with Crippen LogP contribution in [0.4, 0.5) is 5.69 Å². The maximum atomic E-state index is 13.2. The number of nitrogens with one attached hydrogen (secondary N) is 1. The van der Waals surface area contributed by atoms with Crippen LogP contribution >= 0.6 is 11.6 Å². The lowest BCUT2D eigenvalue weighted by Gasteiger charge is -2.38. The molecule has 1 aromatic carbocycles. The molecule has 1 atom stereocenters. The largest absolute Gasteiger partial charge is 0.493 e. The van der Waals surface area contributed by atoms with Gasteiger partial charge in [-0.2, -0.15) is 0 Å². The van der Waals surface area contributed by atoms with E-state index >= 15 is 0 Å². The average molecular weight is 519 g/mol. The third kappa shape index (κ3) is 5.22. The number of aromatic nitrogens is 3. The highest BCUT2D eigenvalue weighted by Gasteiger charge is 2.27. The minimum atomic E-state index is 0.221. The zero-order chi connectivity index (χ0) is 25.2. The number of amides is 1. The summed E-state index contributed by atoms with van der Waals surface area (Å²) in [5, 5.41) is 2.93. The van der Waals surface area contributed by atoms with E-state index in [9.17, 15) is 4.79 Å².